The predicted octanol–water partition coefficient (Wildman–Crippen LogP) is 2.59. The van der Waals surface area contributed by atoms with Crippen LogP contribution in [0.3, 0.4) is 0 Å². The van der Waals surface area contributed by atoms with Crippen LogP contribution in [0.4, 0.5) is 0 Å². The average Bonchev–Trinajstić information content (AvgIpc) is 2.63. The van der Waals surface area contributed by atoms with E-state index in [4.69, 9.17) is 0 Å². The first-order valence-corrected chi connectivity index (χ1v) is 3.92. The highest BCUT2D eigenvalue weighted by Crippen LogP contribution is 2.27. The Balaban J connectivity index is 1.96. The summed E-state index contributed by atoms with van der Waals surface area (Å²) in [5.41, 5.74) is 0. The molecule has 0 spiro atoms. The number of rotatable bonds is 2. The zero-order chi connectivity index (χ0) is 6.53. The van der Waals surface area contributed by atoms with Gasteiger partial charge in [0.1, 0.15) is 0 Å². The fourth-order valence-electron chi connectivity index (χ4n) is 0.709. The molecule has 1 rings (SSSR count). The van der Waals surface area contributed by atoms with Crippen LogP contribution in [0.2, 0.25) is 0 Å². The van der Waals surface area contributed by atoms with Gasteiger partial charge < -0.3 is 0 Å². The maximum Gasteiger partial charge on any atom is 0.0203 e. The lowest BCUT2D eigenvalue weighted by atomic mass is 10.2. The maximum absolute atomic E-state index is 3.24. The molecule has 1 fully saturated rings. The van der Waals surface area contributed by atoms with Gasteiger partial charge in [-0.25, -0.2) is 0 Å². The van der Waals surface area contributed by atoms with Gasteiger partial charge in [0.25, 0.3) is 0 Å². The van der Waals surface area contributed by atoms with Crippen LogP contribution in [0.5, 0.6) is 0 Å². The van der Waals surface area contributed by atoms with Gasteiger partial charge in [-0.1, -0.05) is 19.3 Å². The van der Waals surface area contributed by atoms with Crippen LogP contribution in [-0.2, 0) is 0 Å². The Hall–Kier alpha value is -0.440. The van der Waals surface area contributed by atoms with Crippen molar-refractivity contribution in [3.63, 3.8) is 0 Å². The Labute approximate surface area is 57.7 Å². The summed E-state index contributed by atoms with van der Waals surface area (Å²) in [7, 11) is 0. The molecular formula is C9H14. The SMILES string of the molecule is CCCCC#CC1CC1. The van der Waals surface area contributed by atoms with E-state index in [1.54, 1.807) is 0 Å². The van der Waals surface area contributed by atoms with Crippen molar-refractivity contribution in [1.82, 2.24) is 0 Å². The largest absolute Gasteiger partial charge is 0.103 e. The second-order valence-electron chi connectivity index (χ2n) is 2.70. The molecule has 1 aliphatic rings. The molecule has 0 aromatic carbocycles. The molecule has 9 heavy (non-hydrogen) atoms. The van der Waals surface area contributed by atoms with Crippen LogP contribution in [-0.4, -0.2) is 0 Å². The molecule has 50 valence electrons. The molecule has 0 N–H and O–H groups in total. The van der Waals surface area contributed by atoms with E-state index in [2.05, 4.69) is 18.8 Å². The minimum atomic E-state index is 0.793. The maximum atomic E-state index is 3.24. The van der Waals surface area contributed by atoms with Crippen LogP contribution >= 0.6 is 0 Å². The summed E-state index contributed by atoms with van der Waals surface area (Å²) >= 11 is 0. The third-order valence-corrected chi connectivity index (χ3v) is 1.54. The van der Waals surface area contributed by atoms with Gasteiger partial charge in [-0.05, 0) is 19.3 Å². The molecule has 0 bridgehead atoms. The molecule has 0 atom stereocenters. The van der Waals surface area contributed by atoms with Crippen molar-refractivity contribution in [2.45, 2.75) is 39.0 Å². The topological polar surface area (TPSA) is 0 Å². The molecule has 0 heterocycles. The molecule has 0 heteroatoms. The molecule has 1 saturated carbocycles. The van der Waals surface area contributed by atoms with Crippen molar-refractivity contribution in [2.24, 2.45) is 5.92 Å². The lowest BCUT2D eigenvalue weighted by molar-refractivity contribution is 0.827. The summed E-state index contributed by atoms with van der Waals surface area (Å²) in [6.07, 6.45) is 6.39. The summed E-state index contributed by atoms with van der Waals surface area (Å²) in [4.78, 5) is 0. The zero-order valence-electron chi connectivity index (χ0n) is 6.11. The Bertz CT molecular complexity index is 121. The molecule has 0 amide bonds. The number of hydrogen-bond acceptors (Lipinski definition) is 0. The van der Waals surface area contributed by atoms with Crippen molar-refractivity contribution in [3.05, 3.63) is 0 Å². The third kappa shape index (κ3) is 3.19. The number of hydrogen-bond donors (Lipinski definition) is 0. The first-order chi connectivity index (χ1) is 4.43. The van der Waals surface area contributed by atoms with Gasteiger partial charge in [0.05, 0.1) is 0 Å². The highest BCUT2D eigenvalue weighted by atomic mass is 14.2. The summed E-state index contributed by atoms with van der Waals surface area (Å²) in [6.45, 7) is 2.21. The van der Waals surface area contributed by atoms with Crippen molar-refractivity contribution >= 4 is 0 Å². The molecule has 0 aromatic heterocycles. The quantitative estimate of drug-likeness (QED) is 0.390. The molecule has 0 aliphatic heterocycles. The third-order valence-electron chi connectivity index (χ3n) is 1.54. The fourth-order valence-corrected chi connectivity index (χ4v) is 0.709. The van der Waals surface area contributed by atoms with Crippen LogP contribution in [0.25, 0.3) is 0 Å². The van der Waals surface area contributed by atoms with Crippen LogP contribution in [0, 0.1) is 17.8 Å². The second-order valence-corrected chi connectivity index (χ2v) is 2.70. The Kier molecular flexibility index (Phi) is 2.64. The average molecular weight is 122 g/mol. The van der Waals surface area contributed by atoms with E-state index in [1.165, 1.54) is 25.7 Å². The molecule has 0 radical (unpaired) electrons. The highest BCUT2D eigenvalue weighted by molar-refractivity contribution is 5.08. The van der Waals surface area contributed by atoms with Gasteiger partial charge in [0, 0.05) is 12.3 Å². The van der Waals surface area contributed by atoms with Crippen molar-refractivity contribution in [2.75, 3.05) is 0 Å². The van der Waals surface area contributed by atoms with E-state index in [0.717, 1.165) is 12.3 Å². The van der Waals surface area contributed by atoms with E-state index in [-0.39, 0.29) is 0 Å². The lowest BCUT2D eigenvalue weighted by Gasteiger charge is -1.82. The number of unbranched alkanes of at least 4 members (excludes halogenated alkanes) is 2. The van der Waals surface area contributed by atoms with Crippen molar-refractivity contribution in [3.8, 4) is 11.8 Å². The molecule has 0 aromatic rings. The first-order valence-electron chi connectivity index (χ1n) is 3.92. The summed E-state index contributed by atoms with van der Waals surface area (Å²) in [5.74, 6) is 7.23. The fraction of sp³-hybridized carbons (Fsp3) is 0.778. The Morgan fingerprint density at radius 3 is 2.78 bits per heavy atom. The first kappa shape index (κ1) is 6.68. The second kappa shape index (κ2) is 3.56. The standard InChI is InChI=1S/C9H14/c1-2-3-4-5-6-9-7-8-9/h9H,2-4,7-8H2,1H3. The summed E-state index contributed by atoms with van der Waals surface area (Å²) in [5, 5.41) is 0. The molecular weight excluding hydrogens is 108 g/mol. The van der Waals surface area contributed by atoms with E-state index in [0.29, 0.717) is 0 Å². The molecule has 0 nitrogen and oxygen atoms in total. The highest BCUT2D eigenvalue weighted by Gasteiger charge is 2.17. The lowest BCUT2D eigenvalue weighted by Crippen LogP contribution is -1.68. The van der Waals surface area contributed by atoms with Crippen LogP contribution < -0.4 is 0 Å². The van der Waals surface area contributed by atoms with Gasteiger partial charge in [-0.2, -0.15) is 0 Å². The smallest absolute Gasteiger partial charge is 0.0203 e. The molecule has 0 saturated heterocycles. The van der Waals surface area contributed by atoms with E-state index >= 15 is 0 Å². The van der Waals surface area contributed by atoms with Gasteiger partial charge >= 0.3 is 0 Å². The summed E-state index contributed by atoms with van der Waals surface area (Å²) < 4.78 is 0. The summed E-state index contributed by atoms with van der Waals surface area (Å²) in [6, 6.07) is 0. The molecule has 1 aliphatic carbocycles. The Morgan fingerprint density at radius 1 is 1.44 bits per heavy atom. The zero-order valence-corrected chi connectivity index (χ0v) is 6.11. The van der Waals surface area contributed by atoms with Gasteiger partial charge in [-0.3, -0.25) is 0 Å². The van der Waals surface area contributed by atoms with Gasteiger partial charge in [0.15, 0.2) is 0 Å². The van der Waals surface area contributed by atoms with Crippen molar-refractivity contribution < 1.29 is 0 Å². The van der Waals surface area contributed by atoms with E-state index in [1.807, 2.05) is 0 Å². The van der Waals surface area contributed by atoms with Crippen LogP contribution in [0.1, 0.15) is 39.0 Å². The predicted molar refractivity (Wildman–Crippen MR) is 40.0 cm³/mol. The minimum absolute atomic E-state index is 0.793. The van der Waals surface area contributed by atoms with E-state index < -0.39 is 0 Å². The minimum Gasteiger partial charge on any atom is -0.103 e. The Morgan fingerprint density at radius 2 is 2.22 bits per heavy atom. The van der Waals surface area contributed by atoms with Gasteiger partial charge in [0.2, 0.25) is 0 Å². The van der Waals surface area contributed by atoms with Crippen LogP contribution in [0.15, 0.2) is 0 Å². The monoisotopic (exact) mass is 122 g/mol. The normalized spacial score (nSPS) is 16.6. The van der Waals surface area contributed by atoms with E-state index in [9.17, 15) is 0 Å². The van der Waals surface area contributed by atoms with Gasteiger partial charge in [-0.15, -0.1) is 5.92 Å². The molecule has 0 unspecified atom stereocenters. The van der Waals surface area contributed by atoms with Crippen molar-refractivity contribution in [1.29, 1.82) is 0 Å².